The van der Waals surface area contributed by atoms with Crippen LogP contribution < -0.4 is 15.5 Å². The topological polar surface area (TPSA) is 131 Å². The van der Waals surface area contributed by atoms with Gasteiger partial charge >= 0.3 is 0 Å². The molecule has 0 aliphatic carbocycles. The van der Waals surface area contributed by atoms with Gasteiger partial charge in [-0.05, 0) is 43.5 Å². The number of anilines is 4. The second-order valence-corrected chi connectivity index (χ2v) is 8.70. The van der Waals surface area contributed by atoms with Crippen molar-refractivity contribution in [3.63, 3.8) is 0 Å². The number of carbonyl (C=O) groups excluding carboxylic acids is 1. The Bertz CT molecular complexity index is 1440. The number of hydrogen-bond acceptors (Lipinski definition) is 10. The van der Waals surface area contributed by atoms with Gasteiger partial charge in [-0.3, -0.25) is 4.79 Å². The number of fused-ring (bicyclic) bond motifs is 1. The van der Waals surface area contributed by atoms with E-state index in [4.69, 9.17) is 14.2 Å². The van der Waals surface area contributed by atoms with E-state index in [2.05, 4.69) is 37.3 Å². The maximum atomic E-state index is 12.9. The standard InChI is InChI=1S/C25H26N8O3/c1-14(2)20-10-21(32-36-20)30-24(34)16-6-5-15(3)19(9-16)33(4)23-22-18(27-13-28-23)11-26-25(31-22)29-17-7-8-35-12-17/h5-6,9-11,13,17H,1,7-8,12H2,2-4H3,(H,26,29,31)(H,30,32,34). The molecule has 0 spiro atoms. The lowest BCUT2D eigenvalue weighted by Crippen LogP contribution is -2.21. The van der Waals surface area contributed by atoms with E-state index >= 15 is 0 Å². The SMILES string of the molecule is C=C(C)c1cc(NC(=O)c2ccc(C)c(N(C)c3ncnc4cnc(NC5CCOC5)nc34)c2)no1. The Labute approximate surface area is 207 Å². The van der Waals surface area contributed by atoms with Gasteiger partial charge in [0.05, 0.1) is 18.8 Å². The number of rotatable bonds is 7. The van der Waals surface area contributed by atoms with E-state index in [0.29, 0.717) is 46.5 Å². The van der Waals surface area contributed by atoms with Crippen molar-refractivity contribution in [3.8, 4) is 0 Å². The second kappa shape index (κ2) is 9.70. The van der Waals surface area contributed by atoms with E-state index in [1.165, 1.54) is 6.33 Å². The third-order valence-corrected chi connectivity index (χ3v) is 5.94. The van der Waals surface area contributed by atoms with Gasteiger partial charge in [-0.1, -0.05) is 17.8 Å². The smallest absolute Gasteiger partial charge is 0.256 e. The number of ether oxygens (including phenoxy) is 1. The molecule has 1 saturated heterocycles. The zero-order chi connectivity index (χ0) is 25.2. The lowest BCUT2D eigenvalue weighted by molar-refractivity contribution is 0.102. The Morgan fingerprint density at radius 3 is 2.83 bits per heavy atom. The van der Waals surface area contributed by atoms with Crippen LogP contribution in [0.4, 0.5) is 23.3 Å². The van der Waals surface area contributed by atoms with E-state index in [0.717, 1.165) is 29.9 Å². The van der Waals surface area contributed by atoms with Gasteiger partial charge in [0.25, 0.3) is 5.91 Å². The van der Waals surface area contributed by atoms with Gasteiger partial charge < -0.3 is 24.8 Å². The fourth-order valence-corrected chi connectivity index (χ4v) is 3.94. The number of carbonyl (C=O) groups is 1. The molecule has 184 valence electrons. The molecule has 1 unspecified atom stereocenters. The first kappa shape index (κ1) is 23.4. The normalized spacial score (nSPS) is 15.1. The van der Waals surface area contributed by atoms with E-state index < -0.39 is 0 Å². The highest BCUT2D eigenvalue weighted by Gasteiger charge is 2.20. The Morgan fingerprint density at radius 2 is 2.08 bits per heavy atom. The summed E-state index contributed by atoms with van der Waals surface area (Å²) >= 11 is 0. The van der Waals surface area contributed by atoms with Gasteiger partial charge in [0.15, 0.2) is 17.4 Å². The summed E-state index contributed by atoms with van der Waals surface area (Å²) in [7, 11) is 1.88. The Morgan fingerprint density at radius 1 is 1.22 bits per heavy atom. The summed E-state index contributed by atoms with van der Waals surface area (Å²) in [5.74, 6) is 1.61. The molecule has 0 bridgehead atoms. The van der Waals surface area contributed by atoms with Crippen LogP contribution in [0.25, 0.3) is 16.6 Å². The van der Waals surface area contributed by atoms with Gasteiger partial charge in [-0.2, -0.15) is 0 Å². The predicted octanol–water partition coefficient (Wildman–Crippen LogP) is 3.97. The number of nitrogens with one attached hydrogen (secondary N) is 2. The van der Waals surface area contributed by atoms with Crippen molar-refractivity contribution in [1.29, 1.82) is 0 Å². The summed E-state index contributed by atoms with van der Waals surface area (Å²) in [5, 5.41) is 9.96. The average molecular weight is 487 g/mol. The molecule has 2 N–H and O–H groups in total. The Kier molecular flexibility index (Phi) is 6.30. The summed E-state index contributed by atoms with van der Waals surface area (Å²) in [6.07, 6.45) is 4.05. The molecule has 1 atom stereocenters. The van der Waals surface area contributed by atoms with Crippen molar-refractivity contribution >= 4 is 45.8 Å². The predicted molar refractivity (Wildman–Crippen MR) is 136 cm³/mol. The number of hydrogen-bond donors (Lipinski definition) is 2. The molecular formula is C25H26N8O3. The molecule has 1 amide bonds. The van der Waals surface area contributed by atoms with Gasteiger partial charge in [0.2, 0.25) is 5.95 Å². The van der Waals surface area contributed by atoms with Crippen molar-refractivity contribution in [3.05, 3.63) is 60.3 Å². The highest BCUT2D eigenvalue weighted by atomic mass is 16.5. The maximum absolute atomic E-state index is 12.9. The molecule has 1 aromatic carbocycles. The van der Waals surface area contributed by atoms with Crippen molar-refractivity contribution in [2.24, 2.45) is 0 Å². The van der Waals surface area contributed by atoms with E-state index in [9.17, 15) is 4.79 Å². The molecule has 11 heteroatoms. The van der Waals surface area contributed by atoms with Crippen LogP contribution in [0.5, 0.6) is 0 Å². The average Bonchev–Trinajstić information content (AvgIpc) is 3.56. The first-order valence-electron chi connectivity index (χ1n) is 11.5. The third-order valence-electron chi connectivity index (χ3n) is 5.94. The summed E-state index contributed by atoms with van der Waals surface area (Å²) in [5.41, 5.74) is 4.15. The number of benzene rings is 1. The van der Waals surface area contributed by atoms with Crippen LogP contribution in [-0.4, -0.2) is 57.3 Å². The van der Waals surface area contributed by atoms with E-state index in [1.54, 1.807) is 31.3 Å². The third kappa shape index (κ3) is 4.73. The van der Waals surface area contributed by atoms with Gasteiger partial charge in [0, 0.05) is 31.0 Å². The molecular weight excluding hydrogens is 460 g/mol. The first-order valence-corrected chi connectivity index (χ1v) is 11.5. The number of aromatic nitrogens is 5. The van der Waals surface area contributed by atoms with Gasteiger partial charge in [0.1, 0.15) is 17.4 Å². The quantitative estimate of drug-likeness (QED) is 0.395. The van der Waals surface area contributed by atoms with Crippen molar-refractivity contribution in [2.45, 2.75) is 26.3 Å². The monoisotopic (exact) mass is 486 g/mol. The molecule has 4 aromatic rings. The molecule has 3 aromatic heterocycles. The summed E-state index contributed by atoms with van der Waals surface area (Å²) in [6.45, 7) is 8.93. The number of aryl methyl sites for hydroxylation is 1. The molecule has 36 heavy (non-hydrogen) atoms. The van der Waals surface area contributed by atoms with Crippen molar-refractivity contribution < 1.29 is 14.1 Å². The maximum Gasteiger partial charge on any atom is 0.256 e. The van der Waals surface area contributed by atoms with Crippen LogP contribution in [0.1, 0.15) is 35.0 Å². The summed E-state index contributed by atoms with van der Waals surface area (Å²) in [4.78, 5) is 32.7. The highest BCUT2D eigenvalue weighted by Crippen LogP contribution is 2.30. The van der Waals surface area contributed by atoms with Crippen LogP contribution >= 0.6 is 0 Å². The van der Waals surface area contributed by atoms with E-state index in [-0.39, 0.29) is 11.9 Å². The van der Waals surface area contributed by atoms with Crippen molar-refractivity contribution in [2.75, 3.05) is 35.8 Å². The Hall–Kier alpha value is -4.38. The molecule has 1 fully saturated rings. The van der Waals surface area contributed by atoms with Crippen LogP contribution in [0, 0.1) is 6.92 Å². The molecule has 0 radical (unpaired) electrons. The second-order valence-electron chi connectivity index (χ2n) is 8.70. The van der Waals surface area contributed by atoms with Gasteiger partial charge in [-0.25, -0.2) is 19.9 Å². The summed E-state index contributed by atoms with van der Waals surface area (Å²) < 4.78 is 10.6. The molecule has 1 aliphatic rings. The van der Waals surface area contributed by atoms with Crippen LogP contribution in [0.3, 0.4) is 0 Å². The molecule has 5 rings (SSSR count). The molecule has 11 nitrogen and oxygen atoms in total. The molecule has 4 heterocycles. The molecule has 1 aliphatic heterocycles. The minimum atomic E-state index is -0.314. The van der Waals surface area contributed by atoms with E-state index in [1.807, 2.05) is 24.9 Å². The van der Waals surface area contributed by atoms with Crippen LogP contribution in [-0.2, 0) is 4.74 Å². The van der Waals surface area contributed by atoms with Crippen molar-refractivity contribution in [1.82, 2.24) is 25.1 Å². The zero-order valence-corrected chi connectivity index (χ0v) is 20.3. The first-order chi connectivity index (χ1) is 17.4. The largest absolute Gasteiger partial charge is 0.379 e. The number of allylic oxidation sites excluding steroid dienone is 1. The minimum Gasteiger partial charge on any atom is -0.379 e. The minimum absolute atomic E-state index is 0.168. The number of amides is 1. The summed E-state index contributed by atoms with van der Waals surface area (Å²) in [6, 6.07) is 7.25. The van der Waals surface area contributed by atoms with Crippen LogP contribution in [0.2, 0.25) is 0 Å². The Balaban J connectivity index is 1.43. The highest BCUT2D eigenvalue weighted by molar-refractivity contribution is 6.04. The lowest BCUT2D eigenvalue weighted by atomic mass is 10.1. The fourth-order valence-electron chi connectivity index (χ4n) is 3.94. The zero-order valence-electron chi connectivity index (χ0n) is 20.3. The molecule has 0 saturated carbocycles. The fraction of sp³-hybridized carbons (Fsp3) is 0.280. The number of nitrogens with zero attached hydrogens (tertiary/aromatic N) is 6. The van der Waals surface area contributed by atoms with Gasteiger partial charge in [-0.15, -0.1) is 0 Å². The lowest BCUT2D eigenvalue weighted by Gasteiger charge is -2.22. The van der Waals surface area contributed by atoms with Crippen LogP contribution in [0.15, 0.2) is 47.9 Å².